The number of hydrogen-bond donors (Lipinski definition) is 6. The number of hydrogen-bond acceptors (Lipinski definition) is 14. The zero-order valence-electron chi connectivity index (χ0n) is 40.7. The minimum atomic E-state index is -0.383. The molecule has 0 spiro atoms. The molecule has 1 atom stereocenters. The molecular weight excluding hydrogens is 907 g/mol. The van der Waals surface area contributed by atoms with Crippen LogP contribution in [0.25, 0.3) is 22.1 Å². The Balaban J connectivity index is 1.04. The molecule has 71 heavy (non-hydrogen) atoms. The van der Waals surface area contributed by atoms with E-state index >= 15 is 0 Å². The number of aromatic nitrogens is 8. The van der Waals surface area contributed by atoms with Crippen LogP contribution in [0.1, 0.15) is 114 Å². The van der Waals surface area contributed by atoms with Gasteiger partial charge in [0, 0.05) is 54.8 Å². The van der Waals surface area contributed by atoms with Crippen molar-refractivity contribution in [3.63, 3.8) is 0 Å². The summed E-state index contributed by atoms with van der Waals surface area (Å²) in [4.78, 5) is 56.8. The lowest BCUT2D eigenvalue weighted by Crippen LogP contribution is -2.56. The molecule has 0 radical (unpaired) electrons. The Hall–Kier alpha value is -7.26. The van der Waals surface area contributed by atoms with Crippen molar-refractivity contribution in [2.24, 2.45) is 28.5 Å². The van der Waals surface area contributed by atoms with Crippen LogP contribution in [0.3, 0.4) is 0 Å². The molecule has 4 fully saturated rings. The van der Waals surface area contributed by atoms with Crippen LogP contribution in [0, 0.1) is 25.7 Å². The van der Waals surface area contributed by atoms with Crippen molar-refractivity contribution in [3.8, 4) is 11.5 Å². The number of anilines is 2. The van der Waals surface area contributed by atoms with Crippen LogP contribution < -0.4 is 42.5 Å². The van der Waals surface area contributed by atoms with Crippen LogP contribution >= 0.6 is 0 Å². The second-order valence-electron chi connectivity index (χ2n) is 19.5. The van der Waals surface area contributed by atoms with Gasteiger partial charge in [-0.3, -0.25) is 33.9 Å². The maximum Gasteiger partial charge on any atom is 0.276 e. The predicted octanol–water partition coefficient (Wildman–Crippen LogP) is 5.49. The quantitative estimate of drug-likeness (QED) is 0.0197. The monoisotopic (exact) mass is 970 g/mol. The van der Waals surface area contributed by atoms with E-state index in [1.807, 2.05) is 59.7 Å². The second kappa shape index (κ2) is 19.9. The average Bonchev–Trinajstić information content (AvgIpc) is 4.23. The highest BCUT2D eigenvalue weighted by Crippen LogP contribution is 2.52. The van der Waals surface area contributed by atoms with E-state index in [0.29, 0.717) is 93.4 Å². The number of aryl methyl sites for hydroxylation is 4. The molecule has 4 aromatic heterocycles. The first-order valence-electron chi connectivity index (χ1n) is 24.8. The van der Waals surface area contributed by atoms with Crippen LogP contribution in [-0.2, 0) is 37.6 Å². The summed E-state index contributed by atoms with van der Waals surface area (Å²) in [6, 6.07) is 10.3. The number of hydrazone groups is 1. The number of fused-ring (bicyclic) bond motifs is 1. The molecule has 5 heterocycles. The number of carbonyl (C=O) groups is 3. The molecule has 4 aliphatic carbocycles. The van der Waals surface area contributed by atoms with E-state index in [4.69, 9.17) is 35.9 Å². The lowest BCUT2D eigenvalue weighted by atomic mass is 9.76. The van der Waals surface area contributed by atoms with E-state index in [1.54, 1.807) is 35.0 Å². The van der Waals surface area contributed by atoms with E-state index in [2.05, 4.69) is 36.7 Å². The normalized spacial score (nSPS) is 22.7. The van der Waals surface area contributed by atoms with Crippen molar-refractivity contribution < 1.29 is 28.7 Å². The Morgan fingerprint density at radius 1 is 0.831 bits per heavy atom. The first-order valence-corrected chi connectivity index (χ1v) is 24.8. The van der Waals surface area contributed by atoms with Crippen LogP contribution in [0.4, 0.5) is 11.9 Å². The van der Waals surface area contributed by atoms with Gasteiger partial charge in [0.15, 0.2) is 0 Å². The highest BCUT2D eigenvalue weighted by atomic mass is 16.6. The van der Waals surface area contributed by atoms with Crippen molar-refractivity contribution >= 4 is 57.9 Å². The predicted molar refractivity (Wildman–Crippen MR) is 267 cm³/mol. The number of amidine groups is 1. The number of allylic oxidation sites excluding steroid dienone is 2. The van der Waals surface area contributed by atoms with Crippen molar-refractivity contribution in [3.05, 3.63) is 82.5 Å². The molecule has 374 valence electrons. The minimum absolute atomic E-state index is 0.0456. The van der Waals surface area contributed by atoms with Gasteiger partial charge in [0.1, 0.15) is 60.2 Å². The number of imidazole rings is 2. The molecule has 5 aliphatic rings. The maximum atomic E-state index is 14.3. The molecule has 1 unspecified atom stereocenters. The molecule has 11 rings (SSSR count). The number of ether oxygens (including phenoxy) is 2. The second-order valence-corrected chi connectivity index (χ2v) is 19.5. The highest BCUT2D eigenvalue weighted by Gasteiger charge is 2.51. The van der Waals surface area contributed by atoms with Crippen LogP contribution in [0.2, 0.25) is 0 Å². The fourth-order valence-corrected chi connectivity index (χ4v) is 11.1. The standard InChI is InChI=1S/C50H63N15O6/c1-5-64-37(17-29(3)59-64)28-71-61-49-55-38-19-32(25-66)20-41-43(38)63(49)16-8-7-15-62-44-39(54-48(62)56-47(68)40-18-30(4)60-65(40)6-2)21-34(46(67)53-35-11-9-33(10-12-35)45(51)58-52)22-42(44)70-27-36(26-69-41)57-50-14-13-31(23-50)24-50/h7-8,17-22,25,31,33,35-36,57H,5-6,9-16,23-24,26-28,52H2,1-4H3,(H2,51,58)(H,53,67)(H,55,61)(H,54,56,68)/b8-7+. The van der Waals surface area contributed by atoms with Crippen molar-refractivity contribution in [1.29, 1.82) is 0 Å². The fraction of sp³-hybridized carbons (Fsp3) is 0.480. The van der Waals surface area contributed by atoms with Gasteiger partial charge in [-0.15, -0.1) is 0 Å². The van der Waals surface area contributed by atoms with Crippen molar-refractivity contribution in [2.45, 2.75) is 129 Å². The van der Waals surface area contributed by atoms with Gasteiger partial charge in [-0.1, -0.05) is 12.2 Å². The molecule has 2 bridgehead atoms. The fourth-order valence-electron chi connectivity index (χ4n) is 11.1. The number of benzene rings is 2. The minimum Gasteiger partial charge on any atom is -0.490 e. The van der Waals surface area contributed by atoms with Gasteiger partial charge in [-0.25, -0.2) is 15.4 Å². The Morgan fingerprint density at radius 3 is 2.17 bits per heavy atom. The number of nitrogens with one attached hydrogen (secondary N) is 4. The molecule has 21 heteroatoms. The van der Waals surface area contributed by atoms with Gasteiger partial charge >= 0.3 is 0 Å². The number of rotatable bonds is 14. The summed E-state index contributed by atoms with van der Waals surface area (Å²) < 4.78 is 21.1. The summed E-state index contributed by atoms with van der Waals surface area (Å²) in [7, 11) is 0. The molecule has 2 aromatic carbocycles. The first-order chi connectivity index (χ1) is 34.4. The largest absolute Gasteiger partial charge is 0.490 e. The van der Waals surface area contributed by atoms with E-state index in [1.165, 1.54) is 0 Å². The summed E-state index contributed by atoms with van der Waals surface area (Å²) in [6.45, 7) is 10.0. The summed E-state index contributed by atoms with van der Waals surface area (Å²) in [5.41, 5.74) is 15.0. The third-order valence-corrected chi connectivity index (χ3v) is 14.5. The Labute approximate surface area is 410 Å². The topological polar surface area (TPSA) is 263 Å². The smallest absolute Gasteiger partial charge is 0.276 e. The SMILES string of the molecule is CCn1nc(C)cc1CONc1nc2cc(C=O)cc3c2n1C/C=C/Cn1c(NC(=O)c2cc(C)nn2CC)nc2cc(C(=O)NC4CCC(/C(N)=N/N)CC4)cc(c21)OCC(NC12CCC(C1)C2)CO3. The molecule has 1 aliphatic heterocycles. The summed E-state index contributed by atoms with van der Waals surface area (Å²) >= 11 is 0. The van der Waals surface area contributed by atoms with Crippen LogP contribution in [0.15, 0.2) is 53.7 Å². The van der Waals surface area contributed by atoms with Crippen LogP contribution in [0.5, 0.6) is 11.5 Å². The number of nitrogens with two attached hydrogens (primary N) is 2. The van der Waals surface area contributed by atoms with Crippen molar-refractivity contribution in [1.82, 2.24) is 49.3 Å². The molecule has 6 aromatic rings. The summed E-state index contributed by atoms with van der Waals surface area (Å²) in [5, 5.41) is 23.0. The molecule has 4 saturated carbocycles. The molecule has 21 nitrogen and oxygen atoms in total. The zero-order valence-corrected chi connectivity index (χ0v) is 40.7. The molecule has 2 amide bonds. The first kappa shape index (κ1) is 47.4. The summed E-state index contributed by atoms with van der Waals surface area (Å²) in [6.07, 6.45) is 12.0. The number of amides is 2. The van der Waals surface area contributed by atoms with Crippen molar-refractivity contribution in [2.75, 3.05) is 24.0 Å². The lowest BCUT2D eigenvalue weighted by molar-refractivity contribution is 0.0923. The number of carbonyl (C=O) groups excluding carboxylic acids is 3. The van der Waals surface area contributed by atoms with Gasteiger partial charge < -0.3 is 40.8 Å². The zero-order chi connectivity index (χ0) is 49.4. The van der Waals surface area contributed by atoms with Gasteiger partial charge in [-0.2, -0.15) is 15.3 Å². The van der Waals surface area contributed by atoms with E-state index in [9.17, 15) is 14.4 Å². The third kappa shape index (κ3) is 9.67. The highest BCUT2D eigenvalue weighted by molar-refractivity contribution is 6.04. The Bertz CT molecular complexity index is 3030. The average molecular weight is 970 g/mol. The molecular formula is C50H63N15O6. The van der Waals surface area contributed by atoms with E-state index in [-0.39, 0.29) is 67.7 Å². The van der Waals surface area contributed by atoms with Crippen LogP contribution in [-0.4, -0.2) is 93.4 Å². The van der Waals surface area contributed by atoms with Gasteiger partial charge in [0.25, 0.3) is 11.8 Å². The Morgan fingerprint density at radius 2 is 1.49 bits per heavy atom. The van der Waals surface area contributed by atoms with Gasteiger partial charge in [0.2, 0.25) is 11.9 Å². The maximum absolute atomic E-state index is 14.3. The third-order valence-electron chi connectivity index (χ3n) is 14.5. The molecule has 0 saturated heterocycles. The van der Waals surface area contributed by atoms with E-state index < -0.39 is 0 Å². The summed E-state index contributed by atoms with van der Waals surface area (Å²) in [5.74, 6) is 7.58. The molecule has 8 N–H and O–H groups in total. The Kier molecular flexibility index (Phi) is 13.3. The number of aldehydes is 1. The number of nitrogens with zero attached hydrogens (tertiary/aromatic N) is 9. The van der Waals surface area contributed by atoms with E-state index in [0.717, 1.165) is 69.0 Å². The van der Waals surface area contributed by atoms with Gasteiger partial charge in [0.05, 0.1) is 34.2 Å². The lowest BCUT2D eigenvalue weighted by Gasteiger charge is -2.42. The van der Waals surface area contributed by atoms with Gasteiger partial charge in [-0.05, 0) is 121 Å².